The molecule has 0 aliphatic rings. The molecule has 2 rings (SSSR count). The molecule has 0 radical (unpaired) electrons. The number of hydrogen-bond acceptors (Lipinski definition) is 4. The summed E-state index contributed by atoms with van der Waals surface area (Å²) in [6, 6.07) is 10.5. The summed E-state index contributed by atoms with van der Waals surface area (Å²) in [4.78, 5) is 3.75. The third-order valence-electron chi connectivity index (χ3n) is 3.57. The van der Waals surface area contributed by atoms with Gasteiger partial charge in [0, 0.05) is 28.5 Å². The van der Waals surface area contributed by atoms with Gasteiger partial charge in [0.25, 0.3) is 0 Å². The SMILES string of the molecule is CCN(Cc1cccs1)C(CN)c1cc(OC)ccc1Br. The van der Waals surface area contributed by atoms with Gasteiger partial charge in [0.05, 0.1) is 7.11 Å². The van der Waals surface area contributed by atoms with E-state index in [1.807, 2.05) is 12.1 Å². The Morgan fingerprint density at radius 1 is 1.38 bits per heavy atom. The number of ether oxygens (including phenoxy) is 1. The van der Waals surface area contributed by atoms with E-state index in [9.17, 15) is 0 Å². The van der Waals surface area contributed by atoms with E-state index >= 15 is 0 Å². The maximum atomic E-state index is 6.07. The maximum absolute atomic E-state index is 6.07. The first-order valence-corrected chi connectivity index (χ1v) is 8.66. The van der Waals surface area contributed by atoms with Crippen LogP contribution >= 0.6 is 27.3 Å². The first kappa shape index (κ1) is 16.5. The lowest BCUT2D eigenvalue weighted by atomic mass is 10.0. The molecule has 1 aromatic heterocycles. The average molecular weight is 369 g/mol. The van der Waals surface area contributed by atoms with Crippen LogP contribution in [0.1, 0.15) is 23.4 Å². The van der Waals surface area contributed by atoms with Crippen molar-refractivity contribution in [1.82, 2.24) is 4.90 Å². The Balaban J connectivity index is 2.28. The highest BCUT2D eigenvalue weighted by Gasteiger charge is 2.21. The van der Waals surface area contributed by atoms with E-state index in [0.717, 1.165) is 23.3 Å². The Labute approximate surface area is 138 Å². The third kappa shape index (κ3) is 4.07. The molecule has 21 heavy (non-hydrogen) atoms. The predicted molar refractivity (Wildman–Crippen MR) is 92.9 cm³/mol. The van der Waals surface area contributed by atoms with Gasteiger partial charge in [-0.05, 0) is 41.8 Å². The fourth-order valence-corrected chi connectivity index (χ4v) is 3.66. The fraction of sp³-hybridized carbons (Fsp3) is 0.375. The molecule has 1 aromatic carbocycles. The Kier molecular flexibility index (Phi) is 6.23. The van der Waals surface area contributed by atoms with Crippen molar-refractivity contribution in [2.75, 3.05) is 20.2 Å². The Hall–Kier alpha value is -0.880. The van der Waals surface area contributed by atoms with Crippen LogP contribution in [0.15, 0.2) is 40.2 Å². The van der Waals surface area contributed by atoms with E-state index in [0.29, 0.717) is 6.54 Å². The second kappa shape index (κ2) is 7.94. The predicted octanol–water partition coefficient (Wildman–Crippen LogP) is 4.04. The summed E-state index contributed by atoms with van der Waals surface area (Å²) in [7, 11) is 1.69. The Morgan fingerprint density at radius 3 is 2.76 bits per heavy atom. The zero-order valence-electron chi connectivity index (χ0n) is 12.4. The summed E-state index contributed by atoms with van der Waals surface area (Å²) < 4.78 is 6.42. The van der Waals surface area contributed by atoms with Crippen molar-refractivity contribution in [3.05, 3.63) is 50.6 Å². The number of nitrogens with two attached hydrogens (primary N) is 1. The summed E-state index contributed by atoms with van der Waals surface area (Å²) >= 11 is 5.42. The lowest BCUT2D eigenvalue weighted by Crippen LogP contribution is -2.33. The molecule has 0 saturated heterocycles. The zero-order valence-corrected chi connectivity index (χ0v) is 14.8. The van der Waals surface area contributed by atoms with Crippen LogP contribution in [0, 0.1) is 0 Å². The van der Waals surface area contributed by atoms with Crippen molar-refractivity contribution in [3.8, 4) is 5.75 Å². The van der Waals surface area contributed by atoms with E-state index < -0.39 is 0 Å². The molecule has 1 unspecified atom stereocenters. The van der Waals surface area contributed by atoms with E-state index in [4.69, 9.17) is 10.5 Å². The van der Waals surface area contributed by atoms with Crippen molar-refractivity contribution in [2.24, 2.45) is 5.73 Å². The molecule has 114 valence electrons. The van der Waals surface area contributed by atoms with E-state index in [1.165, 1.54) is 10.4 Å². The quantitative estimate of drug-likeness (QED) is 0.801. The van der Waals surface area contributed by atoms with Crippen LogP contribution in [0.5, 0.6) is 5.75 Å². The summed E-state index contributed by atoms with van der Waals surface area (Å²) in [6.45, 7) is 4.61. The normalized spacial score (nSPS) is 12.6. The van der Waals surface area contributed by atoms with Crippen molar-refractivity contribution in [3.63, 3.8) is 0 Å². The molecule has 0 bridgehead atoms. The maximum Gasteiger partial charge on any atom is 0.119 e. The molecule has 0 aliphatic carbocycles. The smallest absolute Gasteiger partial charge is 0.119 e. The summed E-state index contributed by atoms with van der Waals surface area (Å²) in [5.41, 5.74) is 7.25. The second-order valence-electron chi connectivity index (χ2n) is 4.78. The van der Waals surface area contributed by atoms with Crippen LogP contribution in [0.3, 0.4) is 0 Å². The van der Waals surface area contributed by atoms with E-state index in [-0.39, 0.29) is 6.04 Å². The fourth-order valence-electron chi connectivity index (χ4n) is 2.42. The van der Waals surface area contributed by atoms with Gasteiger partial charge in [-0.15, -0.1) is 11.3 Å². The van der Waals surface area contributed by atoms with Crippen LogP contribution in [-0.2, 0) is 6.54 Å². The van der Waals surface area contributed by atoms with Crippen LogP contribution in [0.2, 0.25) is 0 Å². The number of likely N-dealkylation sites (N-methyl/N-ethyl adjacent to an activating group) is 1. The molecule has 2 aromatic rings. The molecule has 0 fully saturated rings. The average Bonchev–Trinajstić information content (AvgIpc) is 3.01. The minimum atomic E-state index is 0.168. The van der Waals surface area contributed by atoms with Crippen LogP contribution in [0.25, 0.3) is 0 Å². The zero-order chi connectivity index (χ0) is 15.2. The number of hydrogen-bond donors (Lipinski definition) is 1. The van der Waals surface area contributed by atoms with Gasteiger partial charge in [0.1, 0.15) is 5.75 Å². The van der Waals surface area contributed by atoms with Crippen molar-refractivity contribution < 1.29 is 4.74 Å². The molecular weight excluding hydrogens is 348 g/mol. The van der Waals surface area contributed by atoms with Crippen LogP contribution in [-0.4, -0.2) is 25.1 Å². The largest absolute Gasteiger partial charge is 0.497 e. The molecule has 0 aliphatic heterocycles. The van der Waals surface area contributed by atoms with Gasteiger partial charge in [-0.2, -0.15) is 0 Å². The van der Waals surface area contributed by atoms with Gasteiger partial charge in [-0.25, -0.2) is 0 Å². The topological polar surface area (TPSA) is 38.5 Å². The highest BCUT2D eigenvalue weighted by Crippen LogP contribution is 2.31. The molecule has 1 atom stereocenters. The van der Waals surface area contributed by atoms with Crippen molar-refractivity contribution in [2.45, 2.75) is 19.5 Å². The molecule has 0 amide bonds. The van der Waals surface area contributed by atoms with Gasteiger partial charge in [0.15, 0.2) is 0 Å². The minimum absolute atomic E-state index is 0.168. The molecule has 0 spiro atoms. The van der Waals surface area contributed by atoms with E-state index in [2.05, 4.69) is 51.3 Å². The minimum Gasteiger partial charge on any atom is -0.497 e. The number of methoxy groups -OCH3 is 1. The summed E-state index contributed by atoms with van der Waals surface area (Å²) in [5, 5.41) is 2.11. The molecule has 2 N–H and O–H groups in total. The summed E-state index contributed by atoms with van der Waals surface area (Å²) in [6.07, 6.45) is 0. The number of benzene rings is 1. The monoisotopic (exact) mass is 368 g/mol. The Morgan fingerprint density at radius 2 is 2.19 bits per heavy atom. The van der Waals surface area contributed by atoms with Crippen LogP contribution in [0.4, 0.5) is 0 Å². The standard InChI is InChI=1S/C16H21BrN2OS/c1-3-19(11-13-5-4-8-21-13)16(10-18)14-9-12(20-2)6-7-15(14)17/h4-9,16H,3,10-11,18H2,1-2H3. The first-order valence-electron chi connectivity index (χ1n) is 6.99. The lowest BCUT2D eigenvalue weighted by Gasteiger charge is -2.30. The second-order valence-corrected chi connectivity index (χ2v) is 6.67. The molecule has 3 nitrogen and oxygen atoms in total. The van der Waals surface area contributed by atoms with Crippen molar-refractivity contribution in [1.29, 1.82) is 0 Å². The lowest BCUT2D eigenvalue weighted by molar-refractivity contribution is 0.204. The highest BCUT2D eigenvalue weighted by molar-refractivity contribution is 9.10. The van der Waals surface area contributed by atoms with Gasteiger partial charge >= 0.3 is 0 Å². The molecular formula is C16H21BrN2OS. The number of thiophene rings is 1. The highest BCUT2D eigenvalue weighted by atomic mass is 79.9. The van der Waals surface area contributed by atoms with Gasteiger partial charge in [-0.1, -0.05) is 28.9 Å². The first-order chi connectivity index (χ1) is 10.2. The number of halogens is 1. The third-order valence-corrected chi connectivity index (χ3v) is 5.15. The van der Waals surface area contributed by atoms with E-state index in [1.54, 1.807) is 18.4 Å². The molecule has 0 saturated carbocycles. The number of rotatable bonds is 7. The summed E-state index contributed by atoms with van der Waals surface area (Å²) in [5.74, 6) is 0.860. The Bertz CT molecular complexity index is 559. The number of nitrogens with zero attached hydrogens (tertiary/aromatic N) is 1. The van der Waals surface area contributed by atoms with Gasteiger partial charge in [-0.3, -0.25) is 4.90 Å². The van der Waals surface area contributed by atoms with Gasteiger partial charge < -0.3 is 10.5 Å². The van der Waals surface area contributed by atoms with Crippen molar-refractivity contribution >= 4 is 27.3 Å². The van der Waals surface area contributed by atoms with Crippen LogP contribution < -0.4 is 10.5 Å². The van der Waals surface area contributed by atoms with Gasteiger partial charge in [0.2, 0.25) is 0 Å². The molecule has 5 heteroatoms. The molecule has 1 heterocycles.